The van der Waals surface area contributed by atoms with Gasteiger partial charge in [-0.25, -0.2) is 0 Å². The Morgan fingerprint density at radius 2 is 1.97 bits per heavy atom. The molecule has 3 aromatic rings. The molecule has 2 aromatic carbocycles. The molecule has 7 nitrogen and oxygen atoms in total. The number of nitrogens with zero attached hydrogens (tertiary/aromatic N) is 3. The van der Waals surface area contributed by atoms with Crippen molar-refractivity contribution in [2.24, 2.45) is 16.1 Å². The number of hydrogen-bond acceptors (Lipinski definition) is 7. The third-order valence-electron chi connectivity index (χ3n) is 5.16. The molecule has 37 heavy (non-hydrogen) atoms. The van der Waals surface area contributed by atoms with Gasteiger partial charge in [-0.3, -0.25) is 9.69 Å². The maximum atomic E-state index is 13.3. The van der Waals surface area contributed by atoms with E-state index in [1.807, 2.05) is 18.2 Å². The SMILES string of the molecule is COc1cc(/C=C2\S/C(=N/N=C\c3cccc(Cl)c3Cl)N(Cc3ccco3)C2=O)ccc1OCC(C)C. The van der Waals surface area contributed by atoms with Crippen molar-refractivity contribution < 1.29 is 18.7 Å². The first-order chi connectivity index (χ1) is 17.9. The molecular formula is C27H25Cl2N3O4S. The minimum Gasteiger partial charge on any atom is -0.493 e. The molecule has 0 unspecified atom stereocenters. The highest BCUT2D eigenvalue weighted by Crippen LogP contribution is 2.36. The van der Waals surface area contributed by atoms with E-state index in [-0.39, 0.29) is 12.5 Å². The van der Waals surface area contributed by atoms with Gasteiger partial charge in [0.15, 0.2) is 16.7 Å². The lowest BCUT2D eigenvalue weighted by molar-refractivity contribution is -0.122. The number of halogens is 2. The monoisotopic (exact) mass is 557 g/mol. The van der Waals surface area contributed by atoms with E-state index in [0.29, 0.717) is 55.5 Å². The largest absolute Gasteiger partial charge is 0.493 e. The van der Waals surface area contributed by atoms with Crippen molar-refractivity contribution in [3.05, 3.63) is 86.6 Å². The van der Waals surface area contributed by atoms with Gasteiger partial charge in [-0.2, -0.15) is 5.10 Å². The summed E-state index contributed by atoms with van der Waals surface area (Å²) in [6.07, 6.45) is 4.85. The summed E-state index contributed by atoms with van der Waals surface area (Å²) in [5.41, 5.74) is 1.41. The summed E-state index contributed by atoms with van der Waals surface area (Å²) < 4.78 is 16.8. The van der Waals surface area contributed by atoms with Crippen molar-refractivity contribution >= 4 is 58.3 Å². The molecule has 0 aliphatic carbocycles. The minimum absolute atomic E-state index is 0.213. The number of methoxy groups -OCH3 is 1. The van der Waals surface area contributed by atoms with Crippen LogP contribution in [0.4, 0.5) is 0 Å². The van der Waals surface area contributed by atoms with Crippen molar-refractivity contribution in [3.63, 3.8) is 0 Å². The maximum Gasteiger partial charge on any atom is 0.267 e. The van der Waals surface area contributed by atoms with Crippen LogP contribution in [-0.2, 0) is 11.3 Å². The molecule has 2 heterocycles. The van der Waals surface area contributed by atoms with Crippen LogP contribution in [0.2, 0.25) is 10.0 Å². The highest BCUT2D eigenvalue weighted by molar-refractivity contribution is 8.18. The predicted octanol–water partition coefficient (Wildman–Crippen LogP) is 7.14. The van der Waals surface area contributed by atoms with Crippen molar-refractivity contribution in [2.75, 3.05) is 13.7 Å². The number of furan rings is 1. The number of amidine groups is 1. The highest BCUT2D eigenvalue weighted by atomic mass is 35.5. The van der Waals surface area contributed by atoms with Crippen LogP contribution in [0.5, 0.6) is 11.5 Å². The standard InChI is InChI=1S/C27H25Cl2N3O4S/c1-17(2)16-36-22-10-9-18(12-23(22)34-3)13-24-26(33)32(15-20-7-5-11-35-20)27(37-24)31-30-14-19-6-4-8-21(28)25(19)29/h4-14,17H,15-16H2,1-3H3/b24-13-,30-14-,31-27+. The second kappa shape index (κ2) is 12.4. The van der Waals surface area contributed by atoms with Gasteiger partial charge in [0.05, 0.1) is 47.7 Å². The summed E-state index contributed by atoms with van der Waals surface area (Å²) in [4.78, 5) is 15.3. The number of amides is 1. The first-order valence-corrected chi connectivity index (χ1v) is 13.0. The zero-order valence-corrected chi connectivity index (χ0v) is 22.8. The number of carbonyl (C=O) groups excluding carboxylic acids is 1. The minimum atomic E-state index is -0.213. The molecular weight excluding hydrogens is 533 g/mol. The molecule has 1 fully saturated rings. The van der Waals surface area contributed by atoms with Crippen LogP contribution in [0.3, 0.4) is 0 Å². The number of hydrogen-bond donors (Lipinski definition) is 0. The van der Waals surface area contributed by atoms with Gasteiger partial charge in [0.2, 0.25) is 0 Å². The first-order valence-electron chi connectivity index (χ1n) is 11.5. The second-order valence-electron chi connectivity index (χ2n) is 8.47. The molecule has 1 aliphatic heterocycles. The van der Waals surface area contributed by atoms with Crippen LogP contribution < -0.4 is 9.47 Å². The lowest BCUT2D eigenvalue weighted by Gasteiger charge is -2.13. The fraction of sp³-hybridized carbons (Fsp3) is 0.222. The van der Waals surface area contributed by atoms with Gasteiger partial charge in [-0.05, 0) is 59.7 Å². The Morgan fingerprint density at radius 1 is 1.14 bits per heavy atom. The van der Waals surface area contributed by atoms with Crippen LogP contribution in [-0.4, -0.2) is 35.9 Å². The van der Waals surface area contributed by atoms with E-state index >= 15 is 0 Å². The van der Waals surface area contributed by atoms with E-state index in [1.165, 1.54) is 22.9 Å². The number of carbonyl (C=O) groups is 1. The number of rotatable bonds is 9. The van der Waals surface area contributed by atoms with Crippen LogP contribution in [0.25, 0.3) is 6.08 Å². The average molecular weight is 558 g/mol. The third-order valence-corrected chi connectivity index (χ3v) is 6.99. The van der Waals surface area contributed by atoms with Crippen molar-refractivity contribution in [1.82, 2.24) is 4.90 Å². The third kappa shape index (κ3) is 6.77. The summed E-state index contributed by atoms with van der Waals surface area (Å²) in [6, 6.07) is 14.4. The quantitative estimate of drug-likeness (QED) is 0.159. The Morgan fingerprint density at radius 3 is 2.70 bits per heavy atom. The Labute approximate surface area is 229 Å². The van der Waals surface area contributed by atoms with E-state index in [0.717, 1.165) is 5.56 Å². The van der Waals surface area contributed by atoms with Crippen LogP contribution in [0.1, 0.15) is 30.7 Å². The lowest BCUT2D eigenvalue weighted by Crippen LogP contribution is -2.28. The zero-order chi connectivity index (χ0) is 26.4. The fourth-order valence-corrected chi connectivity index (χ4v) is 4.63. The summed E-state index contributed by atoms with van der Waals surface area (Å²) >= 11 is 13.5. The van der Waals surface area contributed by atoms with E-state index in [4.69, 9.17) is 37.1 Å². The van der Waals surface area contributed by atoms with Crippen molar-refractivity contribution in [3.8, 4) is 11.5 Å². The second-order valence-corrected chi connectivity index (χ2v) is 10.3. The predicted molar refractivity (Wildman–Crippen MR) is 150 cm³/mol. The fourth-order valence-electron chi connectivity index (χ4n) is 3.34. The Balaban J connectivity index is 1.61. The normalized spacial score (nSPS) is 16.1. The number of benzene rings is 2. The molecule has 0 saturated carbocycles. The van der Waals surface area contributed by atoms with Gasteiger partial charge in [0, 0.05) is 5.56 Å². The molecule has 0 spiro atoms. The average Bonchev–Trinajstić information content (AvgIpc) is 3.50. The van der Waals surface area contributed by atoms with Crippen molar-refractivity contribution in [2.45, 2.75) is 20.4 Å². The molecule has 192 valence electrons. The molecule has 0 N–H and O–H groups in total. The van der Waals surface area contributed by atoms with Gasteiger partial charge >= 0.3 is 0 Å². The molecule has 1 aromatic heterocycles. The van der Waals surface area contributed by atoms with Crippen molar-refractivity contribution in [1.29, 1.82) is 0 Å². The Hall–Kier alpha value is -3.20. The number of thioether (sulfide) groups is 1. The van der Waals surface area contributed by atoms with Gasteiger partial charge in [-0.15, -0.1) is 5.10 Å². The highest BCUT2D eigenvalue weighted by Gasteiger charge is 2.34. The van der Waals surface area contributed by atoms with Gasteiger partial charge in [-0.1, -0.05) is 55.2 Å². The summed E-state index contributed by atoms with van der Waals surface area (Å²) in [6.45, 7) is 4.95. The lowest BCUT2D eigenvalue weighted by atomic mass is 10.1. The molecule has 0 radical (unpaired) electrons. The summed E-state index contributed by atoms with van der Waals surface area (Å²) in [5, 5.41) is 9.68. The maximum absolute atomic E-state index is 13.3. The van der Waals surface area contributed by atoms with E-state index in [1.54, 1.807) is 49.8 Å². The molecule has 10 heteroatoms. The molecule has 1 aliphatic rings. The zero-order valence-electron chi connectivity index (χ0n) is 20.5. The van der Waals surface area contributed by atoms with Crippen LogP contribution in [0.15, 0.2) is 74.3 Å². The van der Waals surface area contributed by atoms with Gasteiger partial charge < -0.3 is 13.9 Å². The molecule has 0 bridgehead atoms. The Bertz CT molecular complexity index is 1350. The molecule has 4 rings (SSSR count). The molecule has 1 amide bonds. The summed E-state index contributed by atoms with van der Waals surface area (Å²) in [5.74, 6) is 2.04. The van der Waals surface area contributed by atoms with Gasteiger partial charge in [0.25, 0.3) is 5.91 Å². The molecule has 1 saturated heterocycles. The van der Waals surface area contributed by atoms with Crippen LogP contribution in [0, 0.1) is 5.92 Å². The summed E-state index contributed by atoms with van der Waals surface area (Å²) in [7, 11) is 1.59. The molecule has 0 atom stereocenters. The number of ether oxygens (including phenoxy) is 2. The topological polar surface area (TPSA) is 76.6 Å². The van der Waals surface area contributed by atoms with Crippen LogP contribution >= 0.6 is 35.0 Å². The van der Waals surface area contributed by atoms with Gasteiger partial charge in [0.1, 0.15) is 5.76 Å². The van der Waals surface area contributed by atoms with E-state index in [9.17, 15) is 4.79 Å². The smallest absolute Gasteiger partial charge is 0.267 e. The van der Waals surface area contributed by atoms with E-state index in [2.05, 4.69) is 24.1 Å². The van der Waals surface area contributed by atoms with E-state index < -0.39 is 0 Å². The first kappa shape index (κ1) is 26.9. The Kier molecular flexibility index (Phi) is 8.97.